The number of nitrogens with zero attached hydrogens (tertiary/aromatic N) is 3. The van der Waals surface area contributed by atoms with Crippen LogP contribution in [0.15, 0.2) is 36.4 Å². The fraction of sp³-hybridized carbons (Fsp3) is 0.261. The van der Waals surface area contributed by atoms with Gasteiger partial charge in [0.05, 0.1) is 10.4 Å². The highest BCUT2D eigenvalue weighted by atomic mass is 32.1. The van der Waals surface area contributed by atoms with Crippen LogP contribution in [-0.4, -0.2) is 20.7 Å². The second-order valence-corrected chi connectivity index (χ2v) is 8.77. The Morgan fingerprint density at radius 1 is 1.10 bits per heavy atom. The van der Waals surface area contributed by atoms with E-state index in [1.165, 1.54) is 29.5 Å². The summed E-state index contributed by atoms with van der Waals surface area (Å²) in [5, 5.41) is 11.8. The van der Waals surface area contributed by atoms with Crippen LogP contribution >= 0.6 is 11.3 Å². The summed E-state index contributed by atoms with van der Waals surface area (Å²) < 4.78 is 31.6. The van der Waals surface area contributed by atoms with Crippen LogP contribution in [0, 0.1) is 18.6 Å². The molecule has 1 aliphatic heterocycles. The largest absolute Gasteiger partial charge is 0.321 e. The molecule has 2 aromatic carbocycles. The molecule has 0 saturated heterocycles. The maximum absolute atomic E-state index is 14.7. The van der Waals surface area contributed by atoms with Gasteiger partial charge >= 0.3 is 0 Å². The van der Waals surface area contributed by atoms with Gasteiger partial charge in [-0.25, -0.2) is 8.78 Å². The minimum absolute atomic E-state index is 0.303. The molecule has 5 rings (SSSR count). The molecule has 8 heteroatoms. The maximum atomic E-state index is 14.7. The van der Waals surface area contributed by atoms with Crippen molar-refractivity contribution >= 4 is 33.0 Å². The molecule has 1 aliphatic rings. The van der Waals surface area contributed by atoms with Crippen LogP contribution in [0.1, 0.15) is 40.3 Å². The van der Waals surface area contributed by atoms with Crippen molar-refractivity contribution in [3.63, 3.8) is 0 Å². The van der Waals surface area contributed by atoms with Crippen LogP contribution in [0.5, 0.6) is 0 Å². The lowest BCUT2D eigenvalue weighted by atomic mass is 10.1. The number of rotatable bonds is 3. The molecule has 5 nitrogen and oxygen atoms in total. The van der Waals surface area contributed by atoms with Crippen molar-refractivity contribution in [1.82, 2.24) is 14.8 Å². The highest BCUT2D eigenvalue weighted by Crippen LogP contribution is 2.33. The van der Waals surface area contributed by atoms with Gasteiger partial charge in [-0.3, -0.25) is 4.79 Å². The molecule has 2 aromatic heterocycles. The van der Waals surface area contributed by atoms with Crippen LogP contribution in [0.2, 0.25) is 0 Å². The third-order valence-electron chi connectivity index (χ3n) is 5.68. The number of carbonyl (C=O) groups excluding carboxylic acids is 1. The summed E-state index contributed by atoms with van der Waals surface area (Å²) in [5.41, 5.74) is 1.35. The first-order chi connectivity index (χ1) is 15.0. The minimum Gasteiger partial charge on any atom is -0.321 e. The van der Waals surface area contributed by atoms with Gasteiger partial charge in [-0.15, -0.1) is 21.5 Å². The molecule has 1 amide bonds. The molecule has 0 spiro atoms. The third-order valence-corrected chi connectivity index (χ3v) is 6.94. The Hall–Kier alpha value is -3.13. The monoisotopic (exact) mass is 438 g/mol. The lowest BCUT2D eigenvalue weighted by molar-refractivity contribution is 0.103. The summed E-state index contributed by atoms with van der Waals surface area (Å²) in [5.74, 6) is 0.227. The number of fused-ring (bicyclic) bond motifs is 2. The van der Waals surface area contributed by atoms with Gasteiger partial charge in [0, 0.05) is 28.7 Å². The number of nitrogens with one attached hydrogen (secondary N) is 1. The average molecular weight is 439 g/mol. The lowest BCUT2D eigenvalue weighted by Gasteiger charge is -2.10. The van der Waals surface area contributed by atoms with Crippen molar-refractivity contribution in [2.75, 3.05) is 5.32 Å². The summed E-state index contributed by atoms with van der Waals surface area (Å²) in [6, 6.07) is 9.22. The fourth-order valence-corrected chi connectivity index (χ4v) is 5.23. The normalized spacial score (nSPS) is 13.8. The number of aryl methyl sites for hydroxylation is 2. The average Bonchev–Trinajstić information content (AvgIpc) is 3.22. The van der Waals surface area contributed by atoms with Crippen LogP contribution < -0.4 is 5.32 Å². The van der Waals surface area contributed by atoms with E-state index in [-0.39, 0.29) is 11.7 Å². The van der Waals surface area contributed by atoms with Crippen molar-refractivity contribution in [3.8, 4) is 11.4 Å². The first-order valence-electron chi connectivity index (χ1n) is 10.2. The Morgan fingerprint density at radius 3 is 2.81 bits per heavy atom. The Labute approximate surface area is 181 Å². The van der Waals surface area contributed by atoms with E-state index in [9.17, 15) is 13.6 Å². The minimum atomic E-state index is -0.419. The SMILES string of the molecule is Cc1c(C(=O)Nc2ccc(F)c(-c3nnc4n3CCCCC4)c2)sc2cccc(F)c12. The first-order valence-corrected chi connectivity index (χ1v) is 11.1. The molecule has 31 heavy (non-hydrogen) atoms. The molecule has 0 radical (unpaired) electrons. The number of hydrogen-bond acceptors (Lipinski definition) is 4. The molecule has 1 N–H and O–H groups in total. The number of thiophene rings is 1. The number of anilines is 1. The van der Waals surface area contributed by atoms with Gasteiger partial charge in [-0.2, -0.15) is 0 Å². The van der Waals surface area contributed by atoms with E-state index in [1.807, 2.05) is 4.57 Å². The van der Waals surface area contributed by atoms with E-state index in [4.69, 9.17) is 0 Å². The predicted molar refractivity (Wildman–Crippen MR) is 117 cm³/mol. The Balaban J connectivity index is 1.48. The van der Waals surface area contributed by atoms with E-state index >= 15 is 0 Å². The maximum Gasteiger partial charge on any atom is 0.266 e. The van der Waals surface area contributed by atoms with Crippen molar-refractivity contribution in [3.05, 3.63) is 64.3 Å². The molecule has 158 valence electrons. The summed E-state index contributed by atoms with van der Waals surface area (Å²) in [7, 11) is 0. The van der Waals surface area contributed by atoms with Crippen LogP contribution in [0.3, 0.4) is 0 Å². The van der Waals surface area contributed by atoms with Gasteiger partial charge < -0.3 is 9.88 Å². The van der Waals surface area contributed by atoms with Gasteiger partial charge in [-0.1, -0.05) is 12.5 Å². The van der Waals surface area contributed by atoms with Gasteiger partial charge in [0.25, 0.3) is 5.91 Å². The van der Waals surface area contributed by atoms with Crippen LogP contribution in [-0.2, 0) is 13.0 Å². The Bertz CT molecular complexity index is 1310. The van der Waals surface area contributed by atoms with Gasteiger partial charge in [-0.05, 0) is 55.7 Å². The van der Waals surface area contributed by atoms with E-state index in [0.29, 0.717) is 37.6 Å². The highest BCUT2D eigenvalue weighted by molar-refractivity contribution is 7.21. The standard InChI is InChI=1S/C23H20F2N4OS/c1-13-20-17(25)6-5-7-18(20)31-21(13)23(30)26-14-9-10-16(24)15(12-14)22-28-27-19-8-3-2-4-11-29(19)22/h5-7,9-10,12H,2-4,8,11H2,1H3,(H,26,30). The highest BCUT2D eigenvalue weighted by Gasteiger charge is 2.21. The topological polar surface area (TPSA) is 59.8 Å². The zero-order valence-electron chi connectivity index (χ0n) is 16.9. The van der Waals surface area contributed by atoms with Crippen LogP contribution in [0.4, 0.5) is 14.5 Å². The first kappa shape index (κ1) is 19.8. The molecule has 0 bridgehead atoms. The molecule has 4 aromatic rings. The van der Waals surface area contributed by atoms with Gasteiger partial charge in [0.2, 0.25) is 0 Å². The predicted octanol–water partition coefficient (Wildman–Crippen LogP) is 5.73. The molecule has 0 aliphatic carbocycles. The number of hydrogen-bond donors (Lipinski definition) is 1. The molecule has 0 fully saturated rings. The molecular weight excluding hydrogens is 418 g/mol. The van der Waals surface area contributed by atoms with Crippen molar-refractivity contribution < 1.29 is 13.6 Å². The van der Waals surface area contributed by atoms with E-state index in [2.05, 4.69) is 15.5 Å². The smallest absolute Gasteiger partial charge is 0.266 e. The fourth-order valence-electron chi connectivity index (χ4n) is 4.12. The van der Waals surface area contributed by atoms with Gasteiger partial charge in [0.15, 0.2) is 5.82 Å². The van der Waals surface area contributed by atoms with E-state index in [1.54, 1.807) is 25.1 Å². The summed E-state index contributed by atoms with van der Waals surface area (Å²) in [6.07, 6.45) is 3.98. The quantitative estimate of drug-likeness (QED) is 0.445. The molecule has 3 heterocycles. The summed E-state index contributed by atoms with van der Waals surface area (Å²) >= 11 is 1.24. The number of amides is 1. The Kier molecular flexibility index (Phi) is 5.02. The molecule has 0 unspecified atom stereocenters. The number of halogens is 2. The van der Waals surface area contributed by atoms with Crippen molar-refractivity contribution in [2.24, 2.45) is 0 Å². The number of carbonyl (C=O) groups is 1. The molecule has 0 atom stereocenters. The second kappa shape index (κ2) is 7.85. The van der Waals surface area contributed by atoms with E-state index < -0.39 is 5.82 Å². The number of benzene rings is 2. The van der Waals surface area contributed by atoms with Crippen molar-refractivity contribution in [2.45, 2.75) is 39.2 Å². The molecular formula is C23H20F2N4OS. The number of aromatic nitrogens is 3. The lowest BCUT2D eigenvalue weighted by Crippen LogP contribution is -2.12. The Morgan fingerprint density at radius 2 is 1.97 bits per heavy atom. The molecule has 0 saturated carbocycles. The van der Waals surface area contributed by atoms with E-state index in [0.717, 1.165) is 38.1 Å². The zero-order valence-corrected chi connectivity index (χ0v) is 17.7. The van der Waals surface area contributed by atoms with Crippen molar-refractivity contribution in [1.29, 1.82) is 0 Å². The third kappa shape index (κ3) is 3.50. The summed E-state index contributed by atoms with van der Waals surface area (Å²) in [6.45, 7) is 2.48. The zero-order chi connectivity index (χ0) is 21.5. The van der Waals surface area contributed by atoms with Gasteiger partial charge in [0.1, 0.15) is 17.5 Å². The van der Waals surface area contributed by atoms with Crippen LogP contribution in [0.25, 0.3) is 21.5 Å². The summed E-state index contributed by atoms with van der Waals surface area (Å²) in [4.78, 5) is 13.4. The second-order valence-electron chi connectivity index (χ2n) is 7.72.